The zero-order chi connectivity index (χ0) is 16.9. The molecule has 0 radical (unpaired) electrons. The Bertz CT molecular complexity index is 686. The van der Waals surface area contributed by atoms with Crippen LogP contribution in [-0.2, 0) is 0 Å². The molecule has 1 aliphatic rings. The minimum absolute atomic E-state index is 0.221. The standard InChI is InChI=1S/C22H25NO/c1-16(2)24-22-13-11-21(12-14-22)20-9-7-19(8-10-20)18-5-3-17(15-23)4-6-18/h3-6,11-14,16,19-20H,7-10H2,1-2H3. The molecule has 0 unspecified atom stereocenters. The van der Waals surface area contributed by atoms with Gasteiger partial charge in [-0.3, -0.25) is 0 Å². The Kier molecular flexibility index (Phi) is 5.20. The van der Waals surface area contributed by atoms with E-state index in [1.54, 1.807) is 0 Å². The van der Waals surface area contributed by atoms with Crippen LogP contribution in [0.5, 0.6) is 5.75 Å². The fraction of sp³-hybridized carbons (Fsp3) is 0.409. The topological polar surface area (TPSA) is 33.0 Å². The maximum Gasteiger partial charge on any atom is 0.119 e. The van der Waals surface area contributed by atoms with Gasteiger partial charge in [0.2, 0.25) is 0 Å². The number of rotatable bonds is 4. The van der Waals surface area contributed by atoms with E-state index in [-0.39, 0.29) is 6.10 Å². The number of nitriles is 1. The summed E-state index contributed by atoms with van der Waals surface area (Å²) in [5.41, 5.74) is 3.56. The third kappa shape index (κ3) is 3.97. The highest BCUT2D eigenvalue weighted by molar-refractivity contribution is 5.34. The first kappa shape index (κ1) is 16.6. The molecule has 0 bridgehead atoms. The Morgan fingerprint density at radius 1 is 0.833 bits per heavy atom. The molecule has 2 nitrogen and oxygen atoms in total. The first-order valence-electron chi connectivity index (χ1n) is 8.92. The lowest BCUT2D eigenvalue weighted by Gasteiger charge is -2.29. The lowest BCUT2D eigenvalue weighted by atomic mass is 9.76. The van der Waals surface area contributed by atoms with Gasteiger partial charge < -0.3 is 4.74 Å². The molecule has 24 heavy (non-hydrogen) atoms. The SMILES string of the molecule is CC(C)Oc1ccc(C2CCC(c3ccc(C#N)cc3)CC2)cc1. The molecule has 3 rings (SSSR count). The van der Waals surface area contributed by atoms with E-state index >= 15 is 0 Å². The van der Waals surface area contributed by atoms with Crippen LogP contribution in [0, 0.1) is 11.3 Å². The maximum atomic E-state index is 8.91. The second-order valence-electron chi connectivity index (χ2n) is 7.02. The smallest absolute Gasteiger partial charge is 0.119 e. The summed E-state index contributed by atoms with van der Waals surface area (Å²) in [6.07, 6.45) is 5.13. The second kappa shape index (κ2) is 7.53. The Labute approximate surface area is 145 Å². The van der Waals surface area contributed by atoms with Crippen LogP contribution in [0.25, 0.3) is 0 Å². The van der Waals surface area contributed by atoms with Crippen LogP contribution < -0.4 is 4.74 Å². The second-order valence-corrected chi connectivity index (χ2v) is 7.02. The van der Waals surface area contributed by atoms with Gasteiger partial charge in [0.05, 0.1) is 17.7 Å². The molecule has 124 valence electrons. The number of benzene rings is 2. The third-order valence-electron chi connectivity index (χ3n) is 4.96. The van der Waals surface area contributed by atoms with E-state index in [2.05, 4.69) is 56.3 Å². The molecule has 0 amide bonds. The van der Waals surface area contributed by atoms with E-state index in [0.29, 0.717) is 11.8 Å². The van der Waals surface area contributed by atoms with Gasteiger partial charge >= 0.3 is 0 Å². The van der Waals surface area contributed by atoms with Crippen molar-refractivity contribution in [2.45, 2.75) is 57.5 Å². The summed E-state index contributed by atoms with van der Waals surface area (Å²) in [5, 5.41) is 8.91. The van der Waals surface area contributed by atoms with E-state index < -0.39 is 0 Å². The van der Waals surface area contributed by atoms with Crippen molar-refractivity contribution in [1.29, 1.82) is 5.26 Å². The molecule has 0 saturated heterocycles. The van der Waals surface area contributed by atoms with Gasteiger partial charge in [0.1, 0.15) is 5.75 Å². The first-order chi connectivity index (χ1) is 11.7. The fourth-order valence-corrected chi connectivity index (χ4v) is 3.68. The molecule has 1 saturated carbocycles. The van der Waals surface area contributed by atoms with E-state index in [4.69, 9.17) is 10.00 Å². The average molecular weight is 319 g/mol. The molecule has 2 aromatic carbocycles. The Morgan fingerprint density at radius 2 is 1.29 bits per heavy atom. The maximum absolute atomic E-state index is 8.91. The summed E-state index contributed by atoms with van der Waals surface area (Å²) in [6, 6.07) is 19.0. The van der Waals surface area contributed by atoms with Crippen molar-refractivity contribution in [2.24, 2.45) is 0 Å². The van der Waals surface area contributed by atoms with Crippen molar-refractivity contribution < 1.29 is 4.74 Å². The van der Waals surface area contributed by atoms with Crippen LogP contribution in [0.2, 0.25) is 0 Å². The molecular formula is C22H25NO. The zero-order valence-corrected chi connectivity index (χ0v) is 14.5. The molecule has 2 aromatic rings. The minimum atomic E-state index is 0.221. The predicted octanol–water partition coefficient (Wildman–Crippen LogP) is 5.79. The van der Waals surface area contributed by atoms with Gasteiger partial charge in [-0.15, -0.1) is 0 Å². The molecule has 0 spiro atoms. The summed E-state index contributed by atoms with van der Waals surface area (Å²) in [4.78, 5) is 0. The normalized spacial score (nSPS) is 20.6. The van der Waals surface area contributed by atoms with Crippen LogP contribution in [0.15, 0.2) is 48.5 Å². The van der Waals surface area contributed by atoms with E-state index in [1.165, 1.54) is 36.8 Å². The summed E-state index contributed by atoms with van der Waals surface area (Å²) >= 11 is 0. The molecular weight excluding hydrogens is 294 g/mol. The monoisotopic (exact) mass is 319 g/mol. The van der Waals surface area contributed by atoms with E-state index in [0.717, 1.165) is 11.3 Å². The Morgan fingerprint density at radius 3 is 1.71 bits per heavy atom. The van der Waals surface area contributed by atoms with Gasteiger partial charge in [-0.25, -0.2) is 0 Å². The Balaban J connectivity index is 1.59. The molecule has 0 N–H and O–H groups in total. The van der Waals surface area contributed by atoms with Gasteiger partial charge in [0.15, 0.2) is 0 Å². The molecule has 1 fully saturated rings. The average Bonchev–Trinajstić information content (AvgIpc) is 2.62. The zero-order valence-electron chi connectivity index (χ0n) is 14.5. The highest BCUT2D eigenvalue weighted by Crippen LogP contribution is 2.40. The highest BCUT2D eigenvalue weighted by Gasteiger charge is 2.23. The van der Waals surface area contributed by atoms with Crippen molar-refractivity contribution >= 4 is 0 Å². The number of ether oxygens (including phenoxy) is 1. The van der Waals surface area contributed by atoms with Crippen molar-refractivity contribution in [3.05, 3.63) is 65.2 Å². The molecule has 0 heterocycles. The van der Waals surface area contributed by atoms with Crippen LogP contribution in [-0.4, -0.2) is 6.10 Å². The molecule has 2 heteroatoms. The quantitative estimate of drug-likeness (QED) is 0.715. The highest BCUT2D eigenvalue weighted by atomic mass is 16.5. The van der Waals surface area contributed by atoms with Gasteiger partial charge in [-0.2, -0.15) is 5.26 Å². The summed E-state index contributed by atoms with van der Waals surface area (Å²) < 4.78 is 5.73. The van der Waals surface area contributed by atoms with Crippen LogP contribution in [0.3, 0.4) is 0 Å². The minimum Gasteiger partial charge on any atom is -0.491 e. The summed E-state index contributed by atoms with van der Waals surface area (Å²) in [6.45, 7) is 4.11. The summed E-state index contributed by atoms with van der Waals surface area (Å²) in [7, 11) is 0. The van der Waals surface area contributed by atoms with Crippen molar-refractivity contribution in [3.8, 4) is 11.8 Å². The van der Waals surface area contributed by atoms with Crippen molar-refractivity contribution in [1.82, 2.24) is 0 Å². The van der Waals surface area contributed by atoms with Gasteiger partial charge in [-0.1, -0.05) is 24.3 Å². The van der Waals surface area contributed by atoms with Crippen molar-refractivity contribution in [2.75, 3.05) is 0 Å². The molecule has 0 atom stereocenters. The predicted molar refractivity (Wildman–Crippen MR) is 97.3 cm³/mol. The van der Waals surface area contributed by atoms with Gasteiger partial charge in [0, 0.05) is 0 Å². The summed E-state index contributed by atoms with van der Waals surface area (Å²) in [5.74, 6) is 2.25. The Hall–Kier alpha value is -2.27. The van der Waals surface area contributed by atoms with Crippen LogP contribution in [0.4, 0.5) is 0 Å². The third-order valence-corrected chi connectivity index (χ3v) is 4.96. The molecule has 0 aromatic heterocycles. The van der Waals surface area contributed by atoms with Gasteiger partial charge in [0.25, 0.3) is 0 Å². The van der Waals surface area contributed by atoms with Crippen LogP contribution in [0.1, 0.15) is 68.1 Å². The molecule has 1 aliphatic carbocycles. The number of nitrogens with zero attached hydrogens (tertiary/aromatic N) is 1. The fourth-order valence-electron chi connectivity index (χ4n) is 3.68. The lowest BCUT2D eigenvalue weighted by molar-refractivity contribution is 0.242. The number of hydrogen-bond donors (Lipinski definition) is 0. The largest absolute Gasteiger partial charge is 0.491 e. The lowest BCUT2D eigenvalue weighted by Crippen LogP contribution is -2.12. The van der Waals surface area contributed by atoms with E-state index in [1.807, 2.05) is 12.1 Å². The molecule has 0 aliphatic heterocycles. The number of hydrogen-bond acceptors (Lipinski definition) is 2. The van der Waals surface area contributed by atoms with Crippen molar-refractivity contribution in [3.63, 3.8) is 0 Å². The van der Waals surface area contributed by atoms with Crippen LogP contribution >= 0.6 is 0 Å². The van der Waals surface area contributed by atoms with Gasteiger partial charge in [-0.05, 0) is 86.8 Å². The first-order valence-corrected chi connectivity index (χ1v) is 8.92. The van der Waals surface area contributed by atoms with E-state index in [9.17, 15) is 0 Å².